The number of amides is 1. The van der Waals surface area contributed by atoms with Crippen molar-refractivity contribution in [1.82, 2.24) is 0 Å². The van der Waals surface area contributed by atoms with E-state index in [0.29, 0.717) is 11.7 Å². The van der Waals surface area contributed by atoms with Crippen molar-refractivity contribution >= 4 is 11.6 Å². The lowest BCUT2D eigenvalue weighted by Crippen LogP contribution is -2.30. The van der Waals surface area contributed by atoms with E-state index in [4.69, 9.17) is 4.74 Å². The van der Waals surface area contributed by atoms with Crippen molar-refractivity contribution in [2.45, 2.75) is 39.7 Å². The van der Waals surface area contributed by atoms with Crippen molar-refractivity contribution in [3.63, 3.8) is 0 Å². The average Bonchev–Trinajstić information content (AvgIpc) is 2.47. The van der Waals surface area contributed by atoms with Crippen LogP contribution in [0.2, 0.25) is 0 Å². The van der Waals surface area contributed by atoms with E-state index in [1.165, 1.54) is 0 Å². The van der Waals surface area contributed by atoms with E-state index >= 15 is 0 Å². The van der Waals surface area contributed by atoms with Gasteiger partial charge in [-0.1, -0.05) is 44.2 Å². The van der Waals surface area contributed by atoms with Crippen molar-refractivity contribution in [2.75, 3.05) is 5.32 Å². The first kappa shape index (κ1) is 16.1. The summed E-state index contributed by atoms with van der Waals surface area (Å²) in [5, 5.41) is 2.96. The lowest BCUT2D eigenvalue weighted by molar-refractivity contribution is -0.122. The van der Waals surface area contributed by atoms with Crippen LogP contribution in [0.15, 0.2) is 48.5 Å². The zero-order valence-electron chi connectivity index (χ0n) is 13.6. The second kappa shape index (κ2) is 7.12. The summed E-state index contributed by atoms with van der Waals surface area (Å²) in [6.07, 6.45) is -0.554. The Morgan fingerprint density at radius 2 is 1.77 bits per heavy atom. The van der Waals surface area contributed by atoms with Gasteiger partial charge in [0.2, 0.25) is 0 Å². The zero-order chi connectivity index (χ0) is 16.1. The fraction of sp³-hybridized carbons (Fsp3) is 0.316. The molecule has 2 aromatic rings. The molecular weight excluding hydrogens is 274 g/mol. The molecule has 0 aliphatic carbocycles. The Labute approximate surface area is 132 Å². The van der Waals surface area contributed by atoms with Crippen LogP contribution in [-0.4, -0.2) is 12.0 Å². The molecule has 0 aliphatic heterocycles. The SMILES string of the molecule is Cc1cccc(O[C@H](C)C(=O)Nc2ccccc2C(C)C)c1. The first-order chi connectivity index (χ1) is 10.5. The lowest BCUT2D eigenvalue weighted by atomic mass is 10.0. The molecule has 3 heteroatoms. The maximum atomic E-state index is 12.3. The molecule has 0 bridgehead atoms. The number of rotatable bonds is 5. The molecule has 0 saturated heterocycles. The Hall–Kier alpha value is -2.29. The fourth-order valence-corrected chi connectivity index (χ4v) is 2.29. The number of carbonyl (C=O) groups is 1. The minimum absolute atomic E-state index is 0.144. The highest BCUT2D eigenvalue weighted by Gasteiger charge is 2.17. The molecule has 0 radical (unpaired) electrons. The van der Waals surface area contributed by atoms with E-state index < -0.39 is 6.10 Å². The molecule has 3 nitrogen and oxygen atoms in total. The largest absolute Gasteiger partial charge is 0.481 e. The molecule has 1 amide bonds. The van der Waals surface area contributed by atoms with Gasteiger partial charge in [-0.2, -0.15) is 0 Å². The summed E-state index contributed by atoms with van der Waals surface area (Å²) < 4.78 is 5.72. The van der Waals surface area contributed by atoms with E-state index in [2.05, 4.69) is 19.2 Å². The second-order valence-corrected chi connectivity index (χ2v) is 5.81. The molecule has 0 saturated carbocycles. The van der Waals surface area contributed by atoms with Gasteiger partial charge in [-0.3, -0.25) is 4.79 Å². The predicted molar refractivity (Wildman–Crippen MR) is 90.4 cm³/mol. The van der Waals surface area contributed by atoms with E-state index in [1.54, 1.807) is 6.92 Å². The molecule has 1 N–H and O–H groups in total. The van der Waals surface area contributed by atoms with Crippen LogP contribution in [0.1, 0.15) is 37.8 Å². The third-order valence-electron chi connectivity index (χ3n) is 3.51. The minimum atomic E-state index is -0.554. The topological polar surface area (TPSA) is 38.3 Å². The molecule has 0 spiro atoms. The predicted octanol–water partition coefficient (Wildman–Crippen LogP) is 4.52. The van der Waals surface area contributed by atoms with Gasteiger partial charge in [-0.25, -0.2) is 0 Å². The van der Waals surface area contributed by atoms with E-state index in [-0.39, 0.29) is 5.91 Å². The molecule has 0 heterocycles. The average molecular weight is 297 g/mol. The van der Waals surface area contributed by atoms with Crippen LogP contribution in [0, 0.1) is 6.92 Å². The summed E-state index contributed by atoms with van der Waals surface area (Å²) in [5.41, 5.74) is 3.08. The fourth-order valence-electron chi connectivity index (χ4n) is 2.29. The van der Waals surface area contributed by atoms with Gasteiger partial charge >= 0.3 is 0 Å². The highest BCUT2D eigenvalue weighted by Crippen LogP contribution is 2.24. The van der Waals surface area contributed by atoms with Crippen LogP contribution >= 0.6 is 0 Å². The van der Waals surface area contributed by atoms with Gasteiger partial charge in [0.25, 0.3) is 5.91 Å². The Kier molecular flexibility index (Phi) is 5.21. The Morgan fingerprint density at radius 1 is 1.05 bits per heavy atom. The van der Waals surface area contributed by atoms with Crippen LogP contribution in [0.25, 0.3) is 0 Å². The first-order valence-electron chi connectivity index (χ1n) is 7.60. The van der Waals surface area contributed by atoms with Crippen molar-refractivity contribution in [3.8, 4) is 5.75 Å². The molecule has 0 aromatic heterocycles. The van der Waals surface area contributed by atoms with E-state index in [9.17, 15) is 4.79 Å². The molecule has 0 aliphatic rings. The van der Waals surface area contributed by atoms with Crippen LogP contribution in [0.5, 0.6) is 5.75 Å². The van der Waals surface area contributed by atoms with Gasteiger partial charge in [0.15, 0.2) is 6.10 Å². The summed E-state index contributed by atoms with van der Waals surface area (Å²) >= 11 is 0. The first-order valence-corrected chi connectivity index (χ1v) is 7.60. The monoisotopic (exact) mass is 297 g/mol. The molecule has 2 aromatic carbocycles. The van der Waals surface area contributed by atoms with Gasteiger partial charge in [-0.15, -0.1) is 0 Å². The third-order valence-corrected chi connectivity index (χ3v) is 3.51. The van der Waals surface area contributed by atoms with Crippen molar-refractivity contribution in [2.24, 2.45) is 0 Å². The molecule has 22 heavy (non-hydrogen) atoms. The molecular formula is C19H23NO2. The molecule has 0 unspecified atom stereocenters. The van der Waals surface area contributed by atoms with Crippen LogP contribution in [-0.2, 0) is 4.79 Å². The summed E-state index contributed by atoms with van der Waals surface area (Å²) in [7, 11) is 0. The van der Waals surface area contributed by atoms with Crippen LogP contribution in [0.4, 0.5) is 5.69 Å². The van der Waals surface area contributed by atoms with Gasteiger partial charge in [-0.05, 0) is 49.1 Å². The zero-order valence-corrected chi connectivity index (χ0v) is 13.6. The highest BCUT2D eigenvalue weighted by atomic mass is 16.5. The Morgan fingerprint density at radius 3 is 2.45 bits per heavy atom. The van der Waals surface area contributed by atoms with Crippen molar-refractivity contribution in [1.29, 1.82) is 0 Å². The summed E-state index contributed by atoms with van der Waals surface area (Å²) in [5.74, 6) is 0.916. The van der Waals surface area contributed by atoms with Gasteiger partial charge in [0.1, 0.15) is 5.75 Å². The van der Waals surface area contributed by atoms with Crippen molar-refractivity contribution < 1.29 is 9.53 Å². The quantitative estimate of drug-likeness (QED) is 0.881. The number of hydrogen-bond acceptors (Lipinski definition) is 2. The molecule has 1 atom stereocenters. The van der Waals surface area contributed by atoms with Crippen molar-refractivity contribution in [3.05, 3.63) is 59.7 Å². The summed E-state index contributed by atoms with van der Waals surface area (Å²) in [6, 6.07) is 15.6. The number of carbonyl (C=O) groups excluding carboxylic acids is 1. The number of benzene rings is 2. The molecule has 116 valence electrons. The van der Waals surface area contributed by atoms with Crippen LogP contribution < -0.4 is 10.1 Å². The summed E-state index contributed by atoms with van der Waals surface area (Å²) in [6.45, 7) is 7.97. The third kappa shape index (κ3) is 4.10. The number of ether oxygens (including phenoxy) is 1. The van der Waals surface area contributed by atoms with Gasteiger partial charge < -0.3 is 10.1 Å². The second-order valence-electron chi connectivity index (χ2n) is 5.81. The summed E-state index contributed by atoms with van der Waals surface area (Å²) in [4.78, 5) is 12.3. The lowest BCUT2D eigenvalue weighted by Gasteiger charge is -2.18. The maximum Gasteiger partial charge on any atom is 0.265 e. The van der Waals surface area contributed by atoms with Gasteiger partial charge in [0.05, 0.1) is 0 Å². The smallest absolute Gasteiger partial charge is 0.265 e. The van der Waals surface area contributed by atoms with Crippen LogP contribution in [0.3, 0.4) is 0 Å². The van der Waals surface area contributed by atoms with E-state index in [1.807, 2.05) is 55.5 Å². The Balaban J connectivity index is 2.06. The standard InChI is InChI=1S/C19H23NO2/c1-13(2)17-10-5-6-11-18(17)20-19(21)15(4)22-16-9-7-8-14(3)12-16/h5-13,15H,1-4H3,(H,20,21)/t15-/m1/s1. The normalized spacial score (nSPS) is 12.0. The number of nitrogens with one attached hydrogen (secondary N) is 1. The molecule has 2 rings (SSSR count). The minimum Gasteiger partial charge on any atom is -0.481 e. The van der Waals surface area contributed by atoms with Gasteiger partial charge in [0, 0.05) is 5.69 Å². The number of para-hydroxylation sites is 1. The Bertz CT molecular complexity index is 649. The maximum absolute atomic E-state index is 12.3. The number of hydrogen-bond donors (Lipinski definition) is 1. The number of anilines is 1. The van der Waals surface area contributed by atoms with E-state index in [0.717, 1.165) is 16.8 Å². The highest BCUT2D eigenvalue weighted by molar-refractivity contribution is 5.94. The number of aryl methyl sites for hydroxylation is 1. The molecule has 0 fully saturated rings.